The second kappa shape index (κ2) is 6.21. The lowest BCUT2D eigenvalue weighted by molar-refractivity contribution is 0.220. The number of likely N-dealkylation sites (N-methyl/N-ethyl adjacent to an activating group) is 1. The second-order valence-corrected chi connectivity index (χ2v) is 5.15. The molecule has 0 radical (unpaired) electrons. The lowest BCUT2D eigenvalue weighted by Crippen LogP contribution is -2.41. The van der Waals surface area contributed by atoms with E-state index in [0.717, 1.165) is 25.3 Å². The summed E-state index contributed by atoms with van der Waals surface area (Å²) < 4.78 is 5.45. The molecule has 1 fully saturated rings. The Balaban J connectivity index is 1.92. The first-order valence-corrected chi connectivity index (χ1v) is 6.88. The minimum absolute atomic E-state index is 0.345. The summed E-state index contributed by atoms with van der Waals surface area (Å²) >= 11 is 0. The number of hydrogen-bond acceptors (Lipinski definition) is 3. The minimum Gasteiger partial charge on any atom is -0.494 e. The number of benzene rings is 1. The van der Waals surface area contributed by atoms with Crippen LogP contribution >= 0.6 is 0 Å². The van der Waals surface area contributed by atoms with Crippen LogP contribution in [-0.4, -0.2) is 30.6 Å². The summed E-state index contributed by atoms with van der Waals surface area (Å²) in [5, 5.41) is 0. The van der Waals surface area contributed by atoms with Crippen LogP contribution < -0.4 is 10.5 Å². The molecule has 0 bridgehead atoms. The maximum absolute atomic E-state index is 6.14. The Labute approximate surface area is 110 Å². The molecular weight excluding hydrogens is 224 g/mol. The van der Waals surface area contributed by atoms with Gasteiger partial charge in [-0.15, -0.1) is 0 Å². The van der Waals surface area contributed by atoms with Crippen molar-refractivity contribution in [2.75, 3.05) is 13.7 Å². The smallest absolute Gasteiger partial charge is 0.119 e. The van der Waals surface area contributed by atoms with E-state index in [-0.39, 0.29) is 0 Å². The van der Waals surface area contributed by atoms with Crippen LogP contribution in [0.3, 0.4) is 0 Å². The van der Waals surface area contributed by atoms with Crippen molar-refractivity contribution in [2.45, 2.75) is 44.8 Å². The zero-order chi connectivity index (χ0) is 13.0. The third-order valence-corrected chi connectivity index (χ3v) is 3.76. The van der Waals surface area contributed by atoms with Crippen LogP contribution in [0.4, 0.5) is 0 Å². The molecular formula is C15H24N2O. The molecule has 0 amide bonds. The first kappa shape index (κ1) is 13.4. The number of nitrogens with zero attached hydrogens (tertiary/aromatic N) is 1. The number of rotatable bonds is 5. The summed E-state index contributed by atoms with van der Waals surface area (Å²) in [6.45, 7) is 3.68. The Bertz CT molecular complexity index is 363. The van der Waals surface area contributed by atoms with Crippen LogP contribution in [0, 0.1) is 0 Å². The predicted octanol–water partition coefficient (Wildman–Crippen LogP) is 2.40. The van der Waals surface area contributed by atoms with Gasteiger partial charge in [0.25, 0.3) is 0 Å². The van der Waals surface area contributed by atoms with Crippen molar-refractivity contribution in [1.29, 1.82) is 0 Å². The van der Waals surface area contributed by atoms with E-state index in [0.29, 0.717) is 12.1 Å². The molecule has 1 aromatic carbocycles. The van der Waals surface area contributed by atoms with Gasteiger partial charge in [0.15, 0.2) is 0 Å². The number of nitrogens with two attached hydrogens (primary N) is 1. The van der Waals surface area contributed by atoms with Crippen LogP contribution in [0.2, 0.25) is 0 Å². The highest BCUT2D eigenvalue weighted by Crippen LogP contribution is 2.23. The van der Waals surface area contributed by atoms with Crippen molar-refractivity contribution in [3.05, 3.63) is 29.8 Å². The molecule has 2 unspecified atom stereocenters. The molecule has 3 heteroatoms. The Morgan fingerprint density at radius 2 is 2.00 bits per heavy atom. The molecule has 1 aliphatic carbocycles. The molecule has 0 aliphatic heterocycles. The molecule has 2 N–H and O–H groups in total. The van der Waals surface area contributed by atoms with Gasteiger partial charge < -0.3 is 10.5 Å². The summed E-state index contributed by atoms with van der Waals surface area (Å²) in [7, 11) is 2.17. The lowest BCUT2D eigenvalue weighted by atomic mass is 10.1. The lowest BCUT2D eigenvalue weighted by Gasteiger charge is -2.27. The largest absolute Gasteiger partial charge is 0.494 e. The average molecular weight is 248 g/mol. The average Bonchev–Trinajstić information content (AvgIpc) is 2.78. The van der Waals surface area contributed by atoms with Gasteiger partial charge in [-0.1, -0.05) is 18.6 Å². The Morgan fingerprint density at radius 3 is 2.56 bits per heavy atom. The highest BCUT2D eigenvalue weighted by atomic mass is 16.5. The van der Waals surface area contributed by atoms with E-state index in [1.165, 1.54) is 18.4 Å². The highest BCUT2D eigenvalue weighted by molar-refractivity contribution is 5.27. The highest BCUT2D eigenvalue weighted by Gasteiger charge is 2.27. The SMILES string of the molecule is CCOc1ccc(CN(C)C2CCCC2N)cc1. The van der Waals surface area contributed by atoms with E-state index >= 15 is 0 Å². The maximum Gasteiger partial charge on any atom is 0.119 e. The van der Waals surface area contributed by atoms with E-state index in [2.05, 4.69) is 24.1 Å². The molecule has 1 aromatic rings. The molecule has 1 saturated carbocycles. The van der Waals surface area contributed by atoms with Crippen molar-refractivity contribution < 1.29 is 4.74 Å². The van der Waals surface area contributed by atoms with Crippen LogP contribution in [0.25, 0.3) is 0 Å². The zero-order valence-corrected chi connectivity index (χ0v) is 11.4. The van der Waals surface area contributed by atoms with Crippen molar-refractivity contribution in [3.63, 3.8) is 0 Å². The molecule has 1 aliphatic rings. The maximum atomic E-state index is 6.14. The van der Waals surface area contributed by atoms with Crippen LogP contribution in [0.15, 0.2) is 24.3 Å². The van der Waals surface area contributed by atoms with Gasteiger partial charge >= 0.3 is 0 Å². The third kappa shape index (κ3) is 3.24. The Kier molecular flexibility index (Phi) is 4.61. The first-order valence-electron chi connectivity index (χ1n) is 6.88. The van der Waals surface area contributed by atoms with Gasteiger partial charge in [0.05, 0.1) is 6.61 Å². The van der Waals surface area contributed by atoms with E-state index in [1.54, 1.807) is 0 Å². The van der Waals surface area contributed by atoms with Crippen molar-refractivity contribution in [3.8, 4) is 5.75 Å². The minimum atomic E-state index is 0.345. The predicted molar refractivity (Wildman–Crippen MR) is 74.7 cm³/mol. The number of hydrogen-bond donors (Lipinski definition) is 1. The fourth-order valence-corrected chi connectivity index (χ4v) is 2.78. The molecule has 0 saturated heterocycles. The molecule has 0 aromatic heterocycles. The van der Waals surface area contributed by atoms with Crippen LogP contribution in [0.1, 0.15) is 31.7 Å². The van der Waals surface area contributed by atoms with Crippen LogP contribution in [0.5, 0.6) is 5.75 Å². The zero-order valence-electron chi connectivity index (χ0n) is 11.4. The molecule has 2 atom stereocenters. The summed E-state index contributed by atoms with van der Waals surface area (Å²) in [4.78, 5) is 2.38. The van der Waals surface area contributed by atoms with Gasteiger partial charge in [-0.25, -0.2) is 0 Å². The van der Waals surface area contributed by atoms with Gasteiger partial charge in [-0.2, -0.15) is 0 Å². The van der Waals surface area contributed by atoms with Crippen molar-refractivity contribution in [1.82, 2.24) is 4.90 Å². The van der Waals surface area contributed by atoms with E-state index in [1.807, 2.05) is 19.1 Å². The number of ether oxygens (including phenoxy) is 1. The van der Waals surface area contributed by atoms with Gasteiger partial charge in [0.1, 0.15) is 5.75 Å². The van der Waals surface area contributed by atoms with E-state index < -0.39 is 0 Å². The van der Waals surface area contributed by atoms with Gasteiger partial charge in [-0.3, -0.25) is 4.90 Å². The summed E-state index contributed by atoms with van der Waals surface area (Å²) in [6.07, 6.45) is 3.66. The molecule has 3 nitrogen and oxygen atoms in total. The molecule has 2 rings (SSSR count). The van der Waals surface area contributed by atoms with Gasteiger partial charge in [0, 0.05) is 18.6 Å². The van der Waals surface area contributed by atoms with Crippen molar-refractivity contribution in [2.24, 2.45) is 5.73 Å². The fraction of sp³-hybridized carbons (Fsp3) is 0.600. The molecule has 18 heavy (non-hydrogen) atoms. The molecule has 0 heterocycles. The normalized spacial score (nSPS) is 23.6. The summed E-state index contributed by atoms with van der Waals surface area (Å²) in [5.74, 6) is 0.946. The Hall–Kier alpha value is -1.06. The Morgan fingerprint density at radius 1 is 1.28 bits per heavy atom. The second-order valence-electron chi connectivity index (χ2n) is 5.15. The third-order valence-electron chi connectivity index (χ3n) is 3.76. The van der Waals surface area contributed by atoms with E-state index in [9.17, 15) is 0 Å². The van der Waals surface area contributed by atoms with E-state index in [4.69, 9.17) is 10.5 Å². The molecule has 100 valence electrons. The standard InChI is InChI=1S/C15H24N2O/c1-3-18-13-9-7-12(8-10-13)11-17(2)15-6-4-5-14(15)16/h7-10,14-15H,3-6,11,16H2,1-2H3. The van der Waals surface area contributed by atoms with Gasteiger partial charge in [-0.05, 0) is 44.5 Å². The quantitative estimate of drug-likeness (QED) is 0.869. The van der Waals surface area contributed by atoms with Gasteiger partial charge in [0.2, 0.25) is 0 Å². The monoisotopic (exact) mass is 248 g/mol. The molecule has 0 spiro atoms. The summed E-state index contributed by atoms with van der Waals surface area (Å²) in [6, 6.07) is 9.25. The van der Waals surface area contributed by atoms with Crippen LogP contribution in [-0.2, 0) is 6.54 Å². The summed E-state index contributed by atoms with van der Waals surface area (Å²) in [5.41, 5.74) is 7.46. The topological polar surface area (TPSA) is 38.5 Å². The van der Waals surface area contributed by atoms with Crippen molar-refractivity contribution >= 4 is 0 Å². The first-order chi connectivity index (χ1) is 8.70. The fourth-order valence-electron chi connectivity index (χ4n) is 2.78.